The molecule has 0 bridgehead atoms. The monoisotopic (exact) mass is 212 g/mol. The normalized spacial score (nSPS) is 10.3. The van der Waals surface area contributed by atoms with Gasteiger partial charge in [-0.15, -0.1) is 11.3 Å². The highest BCUT2D eigenvalue weighted by Crippen LogP contribution is 2.31. The van der Waals surface area contributed by atoms with Gasteiger partial charge < -0.3 is 11.1 Å². The minimum absolute atomic E-state index is 0.0425. The zero-order chi connectivity index (χ0) is 10.7. The lowest BCUT2D eigenvalue weighted by atomic mass is 10.1. The molecule has 3 nitrogen and oxygen atoms in total. The van der Waals surface area contributed by atoms with E-state index in [9.17, 15) is 4.79 Å². The van der Waals surface area contributed by atoms with Gasteiger partial charge in [0.1, 0.15) is 0 Å². The summed E-state index contributed by atoms with van der Waals surface area (Å²) in [7, 11) is 0. The maximum Gasteiger partial charge on any atom is 0.224 e. The van der Waals surface area contributed by atoms with E-state index in [1.54, 1.807) is 11.3 Å². The molecule has 0 atom stereocenters. The summed E-state index contributed by atoms with van der Waals surface area (Å²) in [5.74, 6) is 0.0425. The van der Waals surface area contributed by atoms with Crippen LogP contribution >= 0.6 is 11.3 Å². The van der Waals surface area contributed by atoms with Crippen molar-refractivity contribution < 1.29 is 4.79 Å². The number of thiophene rings is 1. The largest absolute Gasteiger partial charge is 0.326 e. The Balaban J connectivity index is 2.96. The van der Waals surface area contributed by atoms with Gasteiger partial charge in [-0.2, -0.15) is 0 Å². The molecular formula is C10H16N2OS. The molecule has 0 aliphatic rings. The molecule has 0 aromatic carbocycles. The van der Waals surface area contributed by atoms with E-state index in [2.05, 4.69) is 5.32 Å². The third-order valence-electron chi connectivity index (χ3n) is 2.29. The number of aryl methyl sites for hydroxylation is 1. The molecule has 0 aliphatic heterocycles. The first kappa shape index (κ1) is 11.2. The van der Waals surface area contributed by atoms with E-state index < -0.39 is 0 Å². The highest BCUT2D eigenvalue weighted by atomic mass is 32.1. The molecule has 4 heteroatoms. The summed E-state index contributed by atoms with van der Waals surface area (Å²) in [6, 6.07) is 0. The first-order chi connectivity index (χ1) is 6.60. The zero-order valence-electron chi connectivity index (χ0n) is 8.81. The van der Waals surface area contributed by atoms with Crippen molar-refractivity contribution >= 4 is 22.2 Å². The molecule has 1 aromatic heterocycles. The number of hydrogen-bond acceptors (Lipinski definition) is 3. The number of nitrogens with two attached hydrogens (primary N) is 1. The maximum atomic E-state index is 11.2. The van der Waals surface area contributed by atoms with Crippen molar-refractivity contribution in [1.29, 1.82) is 0 Å². The van der Waals surface area contributed by atoms with Crippen molar-refractivity contribution in [3.05, 3.63) is 16.0 Å². The molecule has 1 amide bonds. The van der Waals surface area contributed by atoms with E-state index in [1.165, 1.54) is 10.4 Å². The molecule has 78 valence electrons. The molecule has 0 spiro atoms. The number of carbonyl (C=O) groups excluding carboxylic acids is 1. The number of nitrogens with one attached hydrogen (secondary N) is 1. The van der Waals surface area contributed by atoms with Crippen LogP contribution in [-0.2, 0) is 11.3 Å². The van der Waals surface area contributed by atoms with Crippen molar-refractivity contribution in [2.75, 3.05) is 5.32 Å². The fourth-order valence-electron chi connectivity index (χ4n) is 1.24. The van der Waals surface area contributed by atoms with Crippen LogP contribution < -0.4 is 11.1 Å². The first-order valence-corrected chi connectivity index (χ1v) is 5.50. The summed E-state index contributed by atoms with van der Waals surface area (Å²) < 4.78 is 0. The van der Waals surface area contributed by atoms with E-state index in [0.29, 0.717) is 13.0 Å². The predicted octanol–water partition coefficient (Wildman–Crippen LogP) is 2.17. The van der Waals surface area contributed by atoms with Gasteiger partial charge in [0.2, 0.25) is 5.91 Å². The number of amides is 1. The number of anilines is 1. The lowest BCUT2D eigenvalue weighted by molar-refractivity contribution is -0.115. The van der Waals surface area contributed by atoms with Crippen LogP contribution in [0.3, 0.4) is 0 Å². The summed E-state index contributed by atoms with van der Waals surface area (Å²) in [5.41, 5.74) is 7.90. The Morgan fingerprint density at radius 3 is 2.64 bits per heavy atom. The summed E-state index contributed by atoms with van der Waals surface area (Å²) in [6.45, 7) is 6.40. The van der Waals surface area contributed by atoms with Gasteiger partial charge in [0.25, 0.3) is 0 Å². The van der Waals surface area contributed by atoms with Crippen LogP contribution in [0.4, 0.5) is 5.00 Å². The average molecular weight is 212 g/mol. The van der Waals surface area contributed by atoms with Crippen LogP contribution in [0.2, 0.25) is 0 Å². The molecule has 0 saturated carbocycles. The lowest BCUT2D eigenvalue weighted by Gasteiger charge is -2.03. The molecule has 14 heavy (non-hydrogen) atoms. The van der Waals surface area contributed by atoms with Gasteiger partial charge in [0.15, 0.2) is 0 Å². The Labute approximate surface area is 88.3 Å². The van der Waals surface area contributed by atoms with E-state index >= 15 is 0 Å². The maximum absolute atomic E-state index is 11.2. The second kappa shape index (κ2) is 4.57. The molecular weight excluding hydrogens is 196 g/mol. The predicted molar refractivity (Wildman–Crippen MR) is 60.6 cm³/mol. The Morgan fingerprint density at radius 2 is 2.14 bits per heavy atom. The van der Waals surface area contributed by atoms with Gasteiger partial charge in [-0.05, 0) is 19.4 Å². The van der Waals surface area contributed by atoms with Crippen molar-refractivity contribution in [3.8, 4) is 0 Å². The van der Waals surface area contributed by atoms with Gasteiger partial charge in [-0.3, -0.25) is 4.79 Å². The number of carbonyl (C=O) groups is 1. The smallest absolute Gasteiger partial charge is 0.224 e. The molecule has 0 saturated heterocycles. The van der Waals surface area contributed by atoms with Gasteiger partial charge >= 0.3 is 0 Å². The molecule has 0 aliphatic carbocycles. The van der Waals surface area contributed by atoms with Gasteiger partial charge in [0.05, 0.1) is 5.00 Å². The zero-order valence-corrected chi connectivity index (χ0v) is 9.62. The van der Waals surface area contributed by atoms with Gasteiger partial charge in [-0.25, -0.2) is 0 Å². The van der Waals surface area contributed by atoms with Crippen LogP contribution in [0.5, 0.6) is 0 Å². The van der Waals surface area contributed by atoms with Crippen molar-refractivity contribution in [1.82, 2.24) is 0 Å². The quantitative estimate of drug-likeness (QED) is 0.806. The van der Waals surface area contributed by atoms with Crippen LogP contribution in [0.25, 0.3) is 0 Å². The summed E-state index contributed by atoms with van der Waals surface area (Å²) in [5, 5.41) is 3.78. The standard InChI is InChI=1S/C10H16N2OS/c1-4-9(13)12-10-8(5-11)6(2)7(3)14-10/h4-5,11H2,1-3H3,(H,12,13). The second-order valence-electron chi connectivity index (χ2n) is 3.20. The third kappa shape index (κ3) is 2.13. The molecule has 0 unspecified atom stereocenters. The Morgan fingerprint density at radius 1 is 1.50 bits per heavy atom. The van der Waals surface area contributed by atoms with Crippen LogP contribution in [-0.4, -0.2) is 5.91 Å². The summed E-state index contributed by atoms with van der Waals surface area (Å²) >= 11 is 1.60. The Bertz CT molecular complexity index is 344. The van der Waals surface area contributed by atoms with E-state index in [-0.39, 0.29) is 5.91 Å². The third-order valence-corrected chi connectivity index (χ3v) is 3.45. The lowest BCUT2D eigenvalue weighted by Crippen LogP contribution is -2.11. The van der Waals surface area contributed by atoms with Gasteiger partial charge in [0, 0.05) is 23.4 Å². The van der Waals surface area contributed by atoms with E-state index in [4.69, 9.17) is 5.73 Å². The Hall–Kier alpha value is -0.870. The van der Waals surface area contributed by atoms with Crippen molar-refractivity contribution in [2.45, 2.75) is 33.7 Å². The van der Waals surface area contributed by atoms with E-state index in [0.717, 1.165) is 10.6 Å². The van der Waals surface area contributed by atoms with E-state index in [1.807, 2.05) is 20.8 Å². The topological polar surface area (TPSA) is 55.1 Å². The van der Waals surface area contributed by atoms with Gasteiger partial charge in [-0.1, -0.05) is 6.92 Å². The van der Waals surface area contributed by atoms with Crippen molar-refractivity contribution in [2.24, 2.45) is 5.73 Å². The Kier molecular flexibility index (Phi) is 3.66. The summed E-state index contributed by atoms with van der Waals surface area (Å²) in [6.07, 6.45) is 0.500. The van der Waals surface area contributed by atoms with Crippen LogP contribution in [0, 0.1) is 13.8 Å². The van der Waals surface area contributed by atoms with Crippen LogP contribution in [0.15, 0.2) is 0 Å². The molecule has 1 rings (SSSR count). The molecule has 1 heterocycles. The first-order valence-electron chi connectivity index (χ1n) is 4.68. The highest BCUT2D eigenvalue weighted by molar-refractivity contribution is 7.16. The SMILES string of the molecule is CCC(=O)Nc1sc(C)c(C)c1CN. The molecule has 0 fully saturated rings. The molecule has 1 aromatic rings. The summed E-state index contributed by atoms with van der Waals surface area (Å²) in [4.78, 5) is 12.4. The van der Waals surface area contributed by atoms with Crippen molar-refractivity contribution in [3.63, 3.8) is 0 Å². The number of rotatable bonds is 3. The molecule has 0 radical (unpaired) electrons. The minimum Gasteiger partial charge on any atom is -0.326 e. The molecule has 3 N–H and O–H groups in total. The fourth-order valence-corrected chi connectivity index (χ4v) is 2.34. The van der Waals surface area contributed by atoms with Crippen LogP contribution in [0.1, 0.15) is 29.3 Å². The minimum atomic E-state index is 0.0425. The second-order valence-corrected chi connectivity index (χ2v) is 4.42. The fraction of sp³-hybridized carbons (Fsp3) is 0.500. The average Bonchev–Trinajstić information content (AvgIpc) is 2.42. The highest BCUT2D eigenvalue weighted by Gasteiger charge is 2.12. The number of hydrogen-bond donors (Lipinski definition) is 2.